The Morgan fingerprint density at radius 1 is 1.03 bits per heavy atom. The lowest BCUT2D eigenvalue weighted by Gasteiger charge is -2.32. The zero-order valence-corrected chi connectivity index (χ0v) is 15.8. The molecule has 1 fully saturated rings. The summed E-state index contributed by atoms with van der Waals surface area (Å²) in [5.74, 6) is 0.212. The van der Waals surface area contributed by atoms with Gasteiger partial charge < -0.3 is 0 Å². The van der Waals surface area contributed by atoms with Crippen LogP contribution in [0, 0.1) is 0 Å². The smallest absolute Gasteiger partial charge is 0.298 e. The van der Waals surface area contributed by atoms with Crippen molar-refractivity contribution < 1.29 is 13.2 Å². The predicted octanol–water partition coefficient (Wildman–Crippen LogP) is 4.94. The second-order valence-electron chi connectivity index (χ2n) is 7.34. The van der Waals surface area contributed by atoms with Crippen LogP contribution in [-0.2, 0) is 12.7 Å². The van der Waals surface area contributed by atoms with E-state index in [1.54, 1.807) is 24.7 Å². The van der Waals surface area contributed by atoms with Crippen LogP contribution in [0.3, 0.4) is 0 Å². The molecule has 3 aromatic rings. The fourth-order valence-corrected chi connectivity index (χ4v) is 3.76. The van der Waals surface area contributed by atoms with Crippen molar-refractivity contribution in [3.63, 3.8) is 0 Å². The maximum Gasteiger partial charge on any atom is 0.416 e. The third kappa shape index (κ3) is 4.79. The molecule has 0 bridgehead atoms. The van der Waals surface area contributed by atoms with Gasteiger partial charge in [0.05, 0.1) is 23.1 Å². The lowest BCUT2D eigenvalue weighted by atomic mass is 9.94. The summed E-state index contributed by atoms with van der Waals surface area (Å²) >= 11 is 0. The van der Waals surface area contributed by atoms with Crippen LogP contribution in [-0.4, -0.2) is 32.9 Å². The van der Waals surface area contributed by atoms with Gasteiger partial charge >= 0.3 is 6.18 Å². The number of hydrogen-bond donors (Lipinski definition) is 0. The number of rotatable bonds is 4. The number of aromatic nitrogens is 3. The summed E-state index contributed by atoms with van der Waals surface area (Å²) in [6.07, 6.45) is 4.51. The van der Waals surface area contributed by atoms with Crippen LogP contribution in [0.5, 0.6) is 0 Å². The third-order valence-electron chi connectivity index (χ3n) is 5.22. The molecule has 1 aliphatic heterocycles. The molecule has 2 aromatic heterocycles. The van der Waals surface area contributed by atoms with Crippen LogP contribution in [0.4, 0.5) is 13.2 Å². The highest BCUT2D eigenvalue weighted by Crippen LogP contribution is 2.32. The van der Waals surface area contributed by atoms with Gasteiger partial charge in [0, 0.05) is 43.2 Å². The Bertz CT molecular complexity index is 960. The average Bonchev–Trinajstić information content (AvgIpc) is 2.74. The Morgan fingerprint density at radius 3 is 2.66 bits per heavy atom. The van der Waals surface area contributed by atoms with E-state index < -0.39 is 11.7 Å². The van der Waals surface area contributed by atoms with Gasteiger partial charge in [0.25, 0.3) is 0 Å². The molecule has 0 aliphatic carbocycles. The van der Waals surface area contributed by atoms with E-state index in [-0.39, 0.29) is 5.92 Å². The summed E-state index contributed by atoms with van der Waals surface area (Å²) in [6.45, 7) is 2.71. The van der Waals surface area contributed by atoms with Crippen LogP contribution in [0.2, 0.25) is 0 Å². The van der Waals surface area contributed by atoms with Gasteiger partial charge in [-0.1, -0.05) is 12.1 Å². The molecule has 7 heteroatoms. The highest BCUT2D eigenvalue weighted by Gasteiger charge is 2.30. The van der Waals surface area contributed by atoms with Crippen LogP contribution >= 0.6 is 0 Å². The number of hydrogen-bond acceptors (Lipinski definition) is 4. The first-order chi connectivity index (χ1) is 14.0. The second-order valence-corrected chi connectivity index (χ2v) is 7.34. The van der Waals surface area contributed by atoms with Crippen molar-refractivity contribution in [3.8, 4) is 11.3 Å². The molecule has 29 heavy (non-hydrogen) atoms. The molecule has 0 unspecified atom stereocenters. The Morgan fingerprint density at radius 2 is 1.86 bits per heavy atom. The molecule has 0 amide bonds. The summed E-state index contributed by atoms with van der Waals surface area (Å²) in [4.78, 5) is 15.4. The number of piperidine rings is 1. The molecule has 0 spiro atoms. The van der Waals surface area contributed by atoms with Gasteiger partial charge in [0.15, 0.2) is 0 Å². The van der Waals surface area contributed by atoms with Gasteiger partial charge in [-0.2, -0.15) is 13.2 Å². The standard InChI is InChI=1S/C22H21F3N4/c23-22(24,25)19-5-1-3-17(11-19)20-12-27-13-21(28-20)18-4-2-10-29(15-18)14-16-6-8-26-9-7-16/h1,3,5-9,11-13,18H,2,4,10,14-15H2/t18-/m1/s1. The number of likely N-dealkylation sites (tertiary alicyclic amines) is 1. The van der Waals surface area contributed by atoms with Crippen molar-refractivity contribution in [2.75, 3.05) is 13.1 Å². The number of halogens is 3. The van der Waals surface area contributed by atoms with Gasteiger partial charge in [-0.15, -0.1) is 0 Å². The largest absolute Gasteiger partial charge is 0.416 e. The number of alkyl halides is 3. The van der Waals surface area contributed by atoms with Gasteiger partial charge in [0.1, 0.15) is 0 Å². The molecule has 3 heterocycles. The van der Waals surface area contributed by atoms with Gasteiger partial charge in [0.2, 0.25) is 0 Å². The first-order valence-corrected chi connectivity index (χ1v) is 9.60. The van der Waals surface area contributed by atoms with E-state index in [0.717, 1.165) is 50.3 Å². The summed E-state index contributed by atoms with van der Waals surface area (Å²) in [6, 6.07) is 9.27. The highest BCUT2D eigenvalue weighted by atomic mass is 19.4. The minimum Gasteiger partial charge on any atom is -0.298 e. The SMILES string of the molecule is FC(F)(F)c1cccc(-c2cncc([C@@H]3CCCN(Cc4ccncc4)C3)n2)c1. The average molecular weight is 398 g/mol. The Labute approximate surface area is 167 Å². The third-order valence-corrected chi connectivity index (χ3v) is 5.22. The summed E-state index contributed by atoms with van der Waals surface area (Å²) < 4.78 is 39.1. The monoisotopic (exact) mass is 398 g/mol. The summed E-state index contributed by atoms with van der Waals surface area (Å²) in [5, 5.41) is 0. The molecule has 150 valence electrons. The molecule has 1 aliphatic rings. The van der Waals surface area contributed by atoms with Crippen molar-refractivity contribution in [1.82, 2.24) is 19.9 Å². The molecule has 0 saturated carbocycles. The van der Waals surface area contributed by atoms with Crippen molar-refractivity contribution in [2.45, 2.75) is 31.5 Å². The van der Waals surface area contributed by atoms with Crippen LogP contribution in [0.25, 0.3) is 11.3 Å². The molecular weight excluding hydrogens is 377 g/mol. The molecule has 1 atom stereocenters. The molecule has 1 aromatic carbocycles. The zero-order valence-electron chi connectivity index (χ0n) is 15.8. The fraction of sp³-hybridized carbons (Fsp3) is 0.318. The lowest BCUT2D eigenvalue weighted by Crippen LogP contribution is -2.34. The fourth-order valence-electron chi connectivity index (χ4n) is 3.76. The van der Waals surface area contributed by atoms with E-state index in [1.165, 1.54) is 17.8 Å². The normalized spacial score (nSPS) is 18.0. The predicted molar refractivity (Wildman–Crippen MR) is 104 cm³/mol. The van der Waals surface area contributed by atoms with Crippen LogP contribution in [0.1, 0.15) is 35.6 Å². The summed E-state index contributed by atoms with van der Waals surface area (Å²) in [5.41, 5.74) is 2.27. The molecule has 4 rings (SSSR count). The van der Waals surface area contributed by atoms with E-state index >= 15 is 0 Å². The lowest BCUT2D eigenvalue weighted by molar-refractivity contribution is -0.137. The minimum atomic E-state index is -4.38. The molecular formula is C22H21F3N4. The van der Waals surface area contributed by atoms with Crippen molar-refractivity contribution in [1.29, 1.82) is 0 Å². The second kappa shape index (κ2) is 8.29. The van der Waals surface area contributed by atoms with Gasteiger partial charge in [-0.3, -0.25) is 14.9 Å². The quantitative estimate of drug-likeness (QED) is 0.625. The maximum absolute atomic E-state index is 13.0. The molecule has 0 N–H and O–H groups in total. The topological polar surface area (TPSA) is 41.9 Å². The highest BCUT2D eigenvalue weighted by molar-refractivity contribution is 5.59. The van der Waals surface area contributed by atoms with E-state index in [4.69, 9.17) is 0 Å². The molecule has 1 saturated heterocycles. The van der Waals surface area contributed by atoms with Crippen molar-refractivity contribution in [2.24, 2.45) is 0 Å². The van der Waals surface area contributed by atoms with E-state index in [1.807, 2.05) is 12.1 Å². The Kier molecular flexibility index (Phi) is 5.58. The minimum absolute atomic E-state index is 0.212. The van der Waals surface area contributed by atoms with Gasteiger partial charge in [-0.25, -0.2) is 4.98 Å². The van der Waals surface area contributed by atoms with Crippen molar-refractivity contribution in [3.05, 3.63) is 78.0 Å². The number of benzene rings is 1. The summed E-state index contributed by atoms with van der Waals surface area (Å²) in [7, 11) is 0. The van der Waals surface area contributed by atoms with Crippen LogP contribution in [0.15, 0.2) is 61.2 Å². The number of pyridine rings is 1. The van der Waals surface area contributed by atoms with E-state index in [2.05, 4.69) is 19.9 Å². The van der Waals surface area contributed by atoms with Crippen LogP contribution < -0.4 is 0 Å². The Balaban J connectivity index is 1.53. The molecule has 4 nitrogen and oxygen atoms in total. The van der Waals surface area contributed by atoms with Crippen molar-refractivity contribution >= 4 is 0 Å². The maximum atomic E-state index is 13.0. The number of nitrogens with zero attached hydrogens (tertiary/aromatic N) is 4. The molecule has 0 radical (unpaired) electrons. The van der Waals surface area contributed by atoms with Gasteiger partial charge in [-0.05, 0) is 49.2 Å². The van der Waals surface area contributed by atoms with E-state index in [0.29, 0.717) is 11.3 Å². The first-order valence-electron chi connectivity index (χ1n) is 9.60. The Hall–Kier alpha value is -2.80. The zero-order chi connectivity index (χ0) is 20.3. The van der Waals surface area contributed by atoms with E-state index in [9.17, 15) is 13.2 Å². The first kappa shape index (κ1) is 19.5.